The minimum atomic E-state index is -0.380. The zero-order chi connectivity index (χ0) is 20.0. The molecule has 0 radical (unpaired) electrons. The first-order valence-corrected chi connectivity index (χ1v) is 8.80. The number of nitrogens with zero attached hydrogens (tertiary/aromatic N) is 1. The lowest BCUT2D eigenvalue weighted by Gasteiger charge is -2.18. The smallest absolute Gasteiger partial charge is 0.254 e. The fourth-order valence-electron chi connectivity index (χ4n) is 2.90. The molecule has 4 N–H and O–H groups in total. The average molecular weight is 366 g/mol. The highest BCUT2D eigenvalue weighted by Gasteiger charge is 2.15. The van der Waals surface area contributed by atoms with Crippen LogP contribution in [0.25, 0.3) is 0 Å². The molecule has 0 spiro atoms. The molecular formula is C21H26N4O2. The number of allylic oxidation sites excluding steroid dienone is 1. The first-order chi connectivity index (χ1) is 12.8. The van der Waals surface area contributed by atoms with Crippen LogP contribution in [0.4, 0.5) is 0 Å². The van der Waals surface area contributed by atoms with E-state index in [9.17, 15) is 9.90 Å². The van der Waals surface area contributed by atoms with Crippen LogP contribution in [0.1, 0.15) is 42.3 Å². The van der Waals surface area contributed by atoms with Crippen molar-refractivity contribution in [3.63, 3.8) is 0 Å². The number of nitrogens with one attached hydrogen (secondary N) is 3. The van der Waals surface area contributed by atoms with Crippen molar-refractivity contribution in [3.8, 4) is 5.88 Å². The van der Waals surface area contributed by atoms with Gasteiger partial charge in [0.25, 0.3) is 5.91 Å². The lowest BCUT2D eigenvalue weighted by atomic mass is 10.1. The van der Waals surface area contributed by atoms with Crippen molar-refractivity contribution in [2.24, 2.45) is 0 Å². The van der Waals surface area contributed by atoms with Crippen molar-refractivity contribution in [1.82, 2.24) is 15.6 Å². The van der Waals surface area contributed by atoms with Crippen molar-refractivity contribution in [2.75, 3.05) is 0 Å². The summed E-state index contributed by atoms with van der Waals surface area (Å²) in [7, 11) is 0. The fraction of sp³-hybridized carbons (Fsp3) is 0.286. The normalized spacial score (nSPS) is 12.7. The highest BCUT2D eigenvalue weighted by molar-refractivity contribution is 6.11. The van der Waals surface area contributed by atoms with E-state index in [1.54, 1.807) is 13.8 Å². The van der Waals surface area contributed by atoms with Gasteiger partial charge in [0, 0.05) is 35.8 Å². The van der Waals surface area contributed by atoms with E-state index in [4.69, 9.17) is 5.41 Å². The largest absolute Gasteiger partial charge is 0.493 e. The summed E-state index contributed by atoms with van der Waals surface area (Å²) in [4.78, 5) is 16.6. The highest BCUT2D eigenvalue weighted by Crippen LogP contribution is 2.19. The van der Waals surface area contributed by atoms with Crippen LogP contribution in [0.2, 0.25) is 0 Å². The number of hydrogen-bond donors (Lipinski definition) is 4. The summed E-state index contributed by atoms with van der Waals surface area (Å²) in [6.07, 6.45) is 1.04. The second-order valence-electron chi connectivity index (χ2n) is 6.53. The Bertz CT molecular complexity index is 837. The molecular weight excluding hydrogens is 340 g/mol. The quantitative estimate of drug-likeness (QED) is 0.446. The van der Waals surface area contributed by atoms with Gasteiger partial charge < -0.3 is 21.1 Å². The Kier molecular flexibility index (Phi) is 6.71. The minimum absolute atomic E-state index is 0.00142. The second kappa shape index (κ2) is 8.98. The maximum atomic E-state index is 12.5. The number of aromatic hydroxyl groups is 1. The van der Waals surface area contributed by atoms with E-state index >= 15 is 0 Å². The summed E-state index contributed by atoms with van der Waals surface area (Å²) in [5.41, 5.74) is 4.09. The molecule has 1 aromatic heterocycles. The molecule has 6 heteroatoms. The summed E-state index contributed by atoms with van der Waals surface area (Å²) >= 11 is 0. The maximum absolute atomic E-state index is 12.5. The SMILES string of the molecule is C/C(N[C@H](C)c1ccccc1)=C(/C=N)C(=O)NCc1c(C)cc(C)nc1O. The standard InChI is InChI=1S/C21H26N4O2/c1-13-10-14(2)24-21(27)19(13)12-23-20(26)18(11-22)16(4)25-15(3)17-8-6-5-7-9-17/h5-11,15,22,25H,12H2,1-4H3,(H,23,26)(H,24,27)/b18-16+,22-11?/t15-/m1/s1. The van der Waals surface area contributed by atoms with Gasteiger partial charge in [-0.1, -0.05) is 30.3 Å². The van der Waals surface area contributed by atoms with Crippen LogP contribution in [0, 0.1) is 19.3 Å². The topological polar surface area (TPSA) is 98.1 Å². The Morgan fingerprint density at radius 2 is 1.96 bits per heavy atom. The number of carbonyl (C=O) groups is 1. The summed E-state index contributed by atoms with van der Waals surface area (Å²) in [6.45, 7) is 7.57. The third kappa shape index (κ3) is 5.17. The van der Waals surface area contributed by atoms with Crippen LogP contribution in [-0.2, 0) is 11.3 Å². The van der Waals surface area contributed by atoms with Gasteiger partial charge in [-0.15, -0.1) is 0 Å². The molecule has 0 saturated carbocycles. The number of pyridine rings is 1. The summed E-state index contributed by atoms with van der Waals surface area (Å²) in [5, 5.41) is 23.6. The van der Waals surface area contributed by atoms with E-state index in [-0.39, 0.29) is 29.9 Å². The molecule has 6 nitrogen and oxygen atoms in total. The number of hydrogen-bond acceptors (Lipinski definition) is 5. The van der Waals surface area contributed by atoms with E-state index in [0.717, 1.165) is 23.0 Å². The third-order valence-electron chi connectivity index (χ3n) is 4.40. The average Bonchev–Trinajstić information content (AvgIpc) is 2.62. The molecule has 142 valence electrons. The molecule has 0 saturated heterocycles. The van der Waals surface area contributed by atoms with Gasteiger partial charge in [0.05, 0.1) is 5.57 Å². The summed E-state index contributed by atoms with van der Waals surface area (Å²) in [6, 6.07) is 11.7. The minimum Gasteiger partial charge on any atom is -0.493 e. The molecule has 0 bridgehead atoms. The van der Waals surface area contributed by atoms with Crippen molar-refractivity contribution >= 4 is 12.1 Å². The van der Waals surface area contributed by atoms with Crippen LogP contribution in [0.3, 0.4) is 0 Å². The van der Waals surface area contributed by atoms with Crippen LogP contribution < -0.4 is 10.6 Å². The first kappa shape index (κ1) is 20.2. The molecule has 1 amide bonds. The first-order valence-electron chi connectivity index (χ1n) is 8.80. The van der Waals surface area contributed by atoms with E-state index in [2.05, 4.69) is 15.6 Å². The van der Waals surface area contributed by atoms with Crippen LogP contribution in [0.5, 0.6) is 5.88 Å². The summed E-state index contributed by atoms with van der Waals surface area (Å²) < 4.78 is 0. The monoisotopic (exact) mass is 366 g/mol. The van der Waals surface area contributed by atoms with Crippen molar-refractivity contribution in [2.45, 2.75) is 40.3 Å². The Labute approximate surface area is 159 Å². The molecule has 1 atom stereocenters. The van der Waals surface area contributed by atoms with E-state index < -0.39 is 0 Å². The zero-order valence-corrected chi connectivity index (χ0v) is 16.1. The number of benzene rings is 1. The molecule has 0 aliphatic rings. The predicted molar refractivity (Wildman–Crippen MR) is 107 cm³/mol. The van der Waals surface area contributed by atoms with Crippen LogP contribution in [-0.4, -0.2) is 22.2 Å². The van der Waals surface area contributed by atoms with Crippen LogP contribution >= 0.6 is 0 Å². The van der Waals surface area contributed by atoms with E-state index in [1.165, 1.54) is 0 Å². The zero-order valence-electron chi connectivity index (χ0n) is 16.1. The van der Waals surface area contributed by atoms with Gasteiger partial charge >= 0.3 is 0 Å². The van der Waals surface area contributed by atoms with Crippen molar-refractivity contribution in [3.05, 3.63) is 70.1 Å². The van der Waals surface area contributed by atoms with Crippen molar-refractivity contribution in [1.29, 1.82) is 5.41 Å². The second-order valence-corrected chi connectivity index (χ2v) is 6.53. The molecule has 1 heterocycles. The molecule has 0 unspecified atom stereocenters. The number of aromatic nitrogens is 1. The Morgan fingerprint density at radius 1 is 1.30 bits per heavy atom. The Morgan fingerprint density at radius 3 is 2.56 bits per heavy atom. The fourth-order valence-corrected chi connectivity index (χ4v) is 2.90. The predicted octanol–water partition coefficient (Wildman–Crippen LogP) is 3.29. The third-order valence-corrected chi connectivity index (χ3v) is 4.40. The maximum Gasteiger partial charge on any atom is 0.254 e. The van der Waals surface area contributed by atoms with Gasteiger partial charge in [-0.25, -0.2) is 4.98 Å². The molecule has 0 fully saturated rings. The molecule has 2 aromatic rings. The molecule has 2 rings (SSSR count). The highest BCUT2D eigenvalue weighted by atomic mass is 16.3. The molecule has 1 aromatic carbocycles. The van der Waals surface area contributed by atoms with Crippen LogP contribution in [0.15, 0.2) is 47.7 Å². The molecule has 0 aliphatic heterocycles. The van der Waals surface area contributed by atoms with Crippen molar-refractivity contribution < 1.29 is 9.90 Å². The number of amides is 1. The Balaban J connectivity index is 2.10. The van der Waals surface area contributed by atoms with Gasteiger partial charge in [0.2, 0.25) is 5.88 Å². The number of aryl methyl sites for hydroxylation is 2. The lowest BCUT2D eigenvalue weighted by molar-refractivity contribution is -0.117. The number of carbonyl (C=O) groups excluding carboxylic acids is 1. The van der Waals surface area contributed by atoms with E-state index in [0.29, 0.717) is 11.3 Å². The Hall–Kier alpha value is -3.15. The van der Waals surface area contributed by atoms with E-state index in [1.807, 2.05) is 50.2 Å². The van der Waals surface area contributed by atoms with Gasteiger partial charge in [-0.3, -0.25) is 4.79 Å². The van der Waals surface area contributed by atoms with Gasteiger partial charge in [-0.2, -0.15) is 0 Å². The molecule has 27 heavy (non-hydrogen) atoms. The lowest BCUT2D eigenvalue weighted by Crippen LogP contribution is -2.29. The van der Waals surface area contributed by atoms with Gasteiger partial charge in [0.15, 0.2) is 0 Å². The van der Waals surface area contributed by atoms with Gasteiger partial charge in [-0.05, 0) is 44.9 Å². The van der Waals surface area contributed by atoms with Gasteiger partial charge in [0.1, 0.15) is 0 Å². The summed E-state index contributed by atoms with van der Waals surface area (Å²) in [5.74, 6) is -0.463. The number of rotatable bonds is 7. The molecule has 0 aliphatic carbocycles.